The van der Waals surface area contributed by atoms with Crippen LogP contribution in [0, 0.1) is 10.1 Å². The van der Waals surface area contributed by atoms with E-state index in [0.29, 0.717) is 18.7 Å². The lowest BCUT2D eigenvalue weighted by atomic mass is 10.1. The monoisotopic (exact) mass is 342 g/mol. The average molecular weight is 343 g/mol. The molecule has 116 valence electrons. The zero-order valence-corrected chi connectivity index (χ0v) is 12.7. The molecule has 2 aromatic rings. The van der Waals surface area contributed by atoms with Crippen LogP contribution in [0.4, 0.5) is 11.4 Å². The number of phenols is 2. The van der Waals surface area contributed by atoms with Crippen LogP contribution in [0.15, 0.2) is 30.3 Å². The normalized spacial score (nSPS) is 10.5. The number of benzene rings is 2. The standard InChI is InChI=1S/C14H12Cl2N2O4/c15-10-6-9(18(21)22)7-11(16)14(10)17-4-3-8-1-2-12(19)13(20)5-8/h1-2,5-7,17,19-20H,3-4H2. The molecule has 2 rings (SSSR count). The molecule has 0 aliphatic rings. The van der Waals surface area contributed by atoms with Gasteiger partial charge in [0.2, 0.25) is 0 Å². The van der Waals surface area contributed by atoms with Crippen LogP contribution in [-0.2, 0) is 6.42 Å². The van der Waals surface area contributed by atoms with E-state index in [1.165, 1.54) is 24.3 Å². The van der Waals surface area contributed by atoms with E-state index < -0.39 is 4.92 Å². The van der Waals surface area contributed by atoms with Crippen molar-refractivity contribution in [1.29, 1.82) is 0 Å². The summed E-state index contributed by atoms with van der Waals surface area (Å²) >= 11 is 12.0. The maximum atomic E-state index is 10.7. The fourth-order valence-corrected chi connectivity index (χ4v) is 2.50. The number of non-ortho nitro benzene ring substituents is 1. The Kier molecular flexibility index (Phi) is 4.95. The van der Waals surface area contributed by atoms with Crippen LogP contribution in [0.1, 0.15) is 5.56 Å². The van der Waals surface area contributed by atoms with Crippen molar-refractivity contribution in [2.45, 2.75) is 6.42 Å². The van der Waals surface area contributed by atoms with Crippen LogP contribution < -0.4 is 5.32 Å². The Labute approximate surface area is 136 Å². The van der Waals surface area contributed by atoms with Gasteiger partial charge >= 0.3 is 0 Å². The summed E-state index contributed by atoms with van der Waals surface area (Å²) in [7, 11) is 0. The van der Waals surface area contributed by atoms with Gasteiger partial charge in [-0.1, -0.05) is 29.3 Å². The fourth-order valence-electron chi connectivity index (χ4n) is 1.89. The summed E-state index contributed by atoms with van der Waals surface area (Å²) in [5.74, 6) is -0.373. The molecule has 0 bridgehead atoms. The molecule has 0 fully saturated rings. The quantitative estimate of drug-likeness (QED) is 0.434. The van der Waals surface area contributed by atoms with Crippen molar-refractivity contribution < 1.29 is 15.1 Å². The molecule has 22 heavy (non-hydrogen) atoms. The number of anilines is 1. The van der Waals surface area contributed by atoms with Gasteiger partial charge in [0.05, 0.1) is 20.7 Å². The van der Waals surface area contributed by atoms with E-state index in [-0.39, 0.29) is 27.2 Å². The molecule has 0 aliphatic carbocycles. The second-order valence-corrected chi connectivity index (χ2v) is 5.36. The van der Waals surface area contributed by atoms with Crippen LogP contribution >= 0.6 is 23.2 Å². The molecule has 6 nitrogen and oxygen atoms in total. The highest BCUT2D eigenvalue weighted by molar-refractivity contribution is 6.39. The smallest absolute Gasteiger partial charge is 0.272 e. The van der Waals surface area contributed by atoms with Crippen LogP contribution in [-0.4, -0.2) is 21.7 Å². The van der Waals surface area contributed by atoms with E-state index in [4.69, 9.17) is 23.2 Å². The fraction of sp³-hybridized carbons (Fsp3) is 0.143. The van der Waals surface area contributed by atoms with E-state index in [1.807, 2.05) is 0 Å². The summed E-state index contributed by atoms with van der Waals surface area (Å²) in [6.45, 7) is 0.446. The van der Waals surface area contributed by atoms with Crippen molar-refractivity contribution in [1.82, 2.24) is 0 Å². The van der Waals surface area contributed by atoms with E-state index in [1.54, 1.807) is 6.07 Å². The molecule has 0 radical (unpaired) electrons. The highest BCUT2D eigenvalue weighted by atomic mass is 35.5. The second-order valence-electron chi connectivity index (χ2n) is 4.54. The zero-order valence-electron chi connectivity index (χ0n) is 11.2. The van der Waals surface area contributed by atoms with Gasteiger partial charge in [0.15, 0.2) is 11.5 Å². The highest BCUT2D eigenvalue weighted by Gasteiger charge is 2.14. The Morgan fingerprint density at radius 3 is 2.27 bits per heavy atom. The van der Waals surface area contributed by atoms with Gasteiger partial charge in [0.25, 0.3) is 5.69 Å². The molecule has 2 aromatic carbocycles. The molecule has 3 N–H and O–H groups in total. The molecule has 0 saturated carbocycles. The van der Waals surface area contributed by atoms with E-state index in [2.05, 4.69) is 5.32 Å². The van der Waals surface area contributed by atoms with Crippen molar-refractivity contribution in [3.8, 4) is 11.5 Å². The van der Waals surface area contributed by atoms with Gasteiger partial charge in [-0.3, -0.25) is 10.1 Å². The topological polar surface area (TPSA) is 95.6 Å². The third-order valence-corrected chi connectivity index (χ3v) is 3.59. The molecule has 0 amide bonds. The minimum Gasteiger partial charge on any atom is -0.504 e. The van der Waals surface area contributed by atoms with Gasteiger partial charge in [-0.15, -0.1) is 0 Å². The molecule has 0 aromatic heterocycles. The zero-order chi connectivity index (χ0) is 16.3. The highest BCUT2D eigenvalue weighted by Crippen LogP contribution is 2.34. The number of nitrogens with one attached hydrogen (secondary N) is 1. The third kappa shape index (κ3) is 3.72. The molecule has 0 atom stereocenters. The van der Waals surface area contributed by atoms with Gasteiger partial charge in [-0.05, 0) is 24.1 Å². The Balaban J connectivity index is 2.05. The summed E-state index contributed by atoms with van der Waals surface area (Å²) in [6, 6.07) is 6.98. The summed E-state index contributed by atoms with van der Waals surface area (Å²) < 4.78 is 0. The summed E-state index contributed by atoms with van der Waals surface area (Å²) in [4.78, 5) is 10.1. The van der Waals surface area contributed by atoms with Crippen LogP contribution in [0.2, 0.25) is 10.0 Å². The molecule has 0 aliphatic heterocycles. The number of hydrogen-bond acceptors (Lipinski definition) is 5. The van der Waals surface area contributed by atoms with Crippen molar-refractivity contribution in [2.75, 3.05) is 11.9 Å². The Morgan fingerprint density at radius 2 is 1.73 bits per heavy atom. The first kappa shape index (κ1) is 16.2. The maximum absolute atomic E-state index is 10.7. The van der Waals surface area contributed by atoms with E-state index in [9.17, 15) is 20.3 Å². The van der Waals surface area contributed by atoms with Gasteiger partial charge in [-0.25, -0.2) is 0 Å². The lowest BCUT2D eigenvalue weighted by molar-refractivity contribution is -0.384. The Bertz CT molecular complexity index is 699. The number of nitro benzene ring substituents is 1. The largest absolute Gasteiger partial charge is 0.504 e. The van der Waals surface area contributed by atoms with Crippen molar-refractivity contribution in [3.05, 3.63) is 56.1 Å². The van der Waals surface area contributed by atoms with Crippen molar-refractivity contribution in [2.24, 2.45) is 0 Å². The van der Waals surface area contributed by atoms with Crippen molar-refractivity contribution >= 4 is 34.6 Å². The number of halogens is 2. The lowest BCUT2D eigenvalue weighted by Crippen LogP contribution is -2.06. The van der Waals surface area contributed by atoms with Crippen molar-refractivity contribution in [3.63, 3.8) is 0 Å². The predicted octanol–water partition coefficient (Wildman–Crippen LogP) is 3.97. The maximum Gasteiger partial charge on any atom is 0.272 e. The molecular weight excluding hydrogens is 331 g/mol. The summed E-state index contributed by atoms with van der Waals surface area (Å²) in [5.41, 5.74) is 1.04. The van der Waals surface area contributed by atoms with Crippen LogP contribution in [0.3, 0.4) is 0 Å². The van der Waals surface area contributed by atoms with Crippen LogP contribution in [0.25, 0.3) is 0 Å². The molecular formula is C14H12Cl2N2O4. The summed E-state index contributed by atoms with van der Waals surface area (Å²) in [6.07, 6.45) is 0.539. The predicted molar refractivity (Wildman–Crippen MR) is 85.1 cm³/mol. The van der Waals surface area contributed by atoms with Gasteiger partial charge in [-0.2, -0.15) is 0 Å². The number of hydrogen-bond donors (Lipinski definition) is 3. The Hall–Kier alpha value is -2.18. The number of nitrogens with zero attached hydrogens (tertiary/aromatic N) is 1. The molecule has 0 spiro atoms. The molecule has 0 saturated heterocycles. The first-order valence-corrected chi connectivity index (χ1v) is 7.02. The van der Waals surface area contributed by atoms with E-state index >= 15 is 0 Å². The SMILES string of the molecule is O=[N+]([O-])c1cc(Cl)c(NCCc2ccc(O)c(O)c2)c(Cl)c1. The second kappa shape index (κ2) is 6.72. The van der Waals surface area contributed by atoms with Gasteiger partial charge in [0, 0.05) is 18.7 Å². The Morgan fingerprint density at radius 1 is 1.09 bits per heavy atom. The minimum atomic E-state index is -0.569. The lowest BCUT2D eigenvalue weighted by Gasteiger charge is -2.10. The summed E-state index contributed by atoms with van der Waals surface area (Å²) in [5, 5.41) is 32.7. The van der Waals surface area contributed by atoms with Crippen LogP contribution in [0.5, 0.6) is 11.5 Å². The average Bonchev–Trinajstić information content (AvgIpc) is 2.45. The van der Waals surface area contributed by atoms with E-state index in [0.717, 1.165) is 5.56 Å². The first-order chi connectivity index (χ1) is 10.4. The molecule has 8 heteroatoms. The number of aromatic hydroxyl groups is 2. The molecule has 0 heterocycles. The molecule has 0 unspecified atom stereocenters. The third-order valence-electron chi connectivity index (χ3n) is 2.99. The van der Waals surface area contributed by atoms with Gasteiger partial charge < -0.3 is 15.5 Å². The number of phenolic OH excluding ortho intramolecular Hbond substituents is 2. The first-order valence-electron chi connectivity index (χ1n) is 6.26. The minimum absolute atomic E-state index is 0.160. The van der Waals surface area contributed by atoms with Gasteiger partial charge in [0.1, 0.15) is 0 Å². The number of rotatable bonds is 5. The number of nitro groups is 1.